The van der Waals surface area contributed by atoms with E-state index in [4.69, 9.17) is 0 Å². The van der Waals surface area contributed by atoms with Crippen molar-refractivity contribution in [2.45, 2.75) is 20.8 Å². The molecule has 2 rings (SSSR count). The molecule has 2 aromatic heterocycles. The highest BCUT2D eigenvalue weighted by atomic mass is 16.6. The van der Waals surface area contributed by atoms with E-state index in [0.717, 1.165) is 5.56 Å². The monoisotopic (exact) mass is 207 g/mol. The van der Waals surface area contributed by atoms with Gasteiger partial charge in [-0.3, -0.25) is 10.1 Å². The van der Waals surface area contributed by atoms with Gasteiger partial charge in [-0.05, 0) is 12.5 Å². The normalized spacial score (nSPS) is 9.53. The van der Waals surface area contributed by atoms with Crippen LogP contribution in [-0.2, 0) is 0 Å². The van der Waals surface area contributed by atoms with Crippen molar-refractivity contribution in [3.05, 3.63) is 34.1 Å². The molecule has 0 aromatic carbocycles. The van der Waals surface area contributed by atoms with Crippen LogP contribution in [0.1, 0.15) is 19.4 Å². The fraction of sp³-hybridized carbons (Fsp3) is 0.300. The van der Waals surface area contributed by atoms with Crippen molar-refractivity contribution in [3.8, 4) is 0 Å². The smallest absolute Gasteiger partial charge is 0.282 e. The van der Waals surface area contributed by atoms with Crippen LogP contribution >= 0.6 is 0 Å². The van der Waals surface area contributed by atoms with Crippen molar-refractivity contribution < 1.29 is 4.92 Å². The van der Waals surface area contributed by atoms with Gasteiger partial charge in [0, 0.05) is 18.5 Å². The number of aromatic amines is 1. The molecule has 0 aliphatic carbocycles. The molecular formula is C10H13N3O2. The topological polar surface area (TPSA) is 71.8 Å². The first-order chi connectivity index (χ1) is 7.20. The van der Waals surface area contributed by atoms with E-state index in [9.17, 15) is 10.1 Å². The van der Waals surface area contributed by atoms with Gasteiger partial charge in [0.25, 0.3) is 5.69 Å². The Morgan fingerprint density at radius 3 is 2.73 bits per heavy atom. The third-order valence-electron chi connectivity index (χ3n) is 1.95. The van der Waals surface area contributed by atoms with Gasteiger partial charge in [0.15, 0.2) is 0 Å². The lowest BCUT2D eigenvalue weighted by Crippen LogP contribution is -1.90. The molecule has 2 heterocycles. The van der Waals surface area contributed by atoms with Crippen LogP contribution in [0.2, 0.25) is 0 Å². The van der Waals surface area contributed by atoms with Crippen LogP contribution < -0.4 is 0 Å². The van der Waals surface area contributed by atoms with E-state index >= 15 is 0 Å². The number of fused-ring (bicyclic) bond motifs is 1. The highest BCUT2D eigenvalue weighted by Gasteiger charge is 2.14. The average Bonchev–Trinajstić information content (AvgIpc) is 2.63. The Hall–Kier alpha value is -1.91. The van der Waals surface area contributed by atoms with Gasteiger partial charge in [-0.2, -0.15) is 0 Å². The molecule has 0 saturated carbocycles. The SMILES string of the molecule is CC.Cc1c[nH]c2nccc([N+](=O)[O-])c12. The third-order valence-corrected chi connectivity index (χ3v) is 1.95. The molecular weight excluding hydrogens is 194 g/mol. The predicted molar refractivity (Wildman–Crippen MR) is 58.8 cm³/mol. The summed E-state index contributed by atoms with van der Waals surface area (Å²) >= 11 is 0. The zero-order chi connectivity index (χ0) is 11.4. The van der Waals surface area contributed by atoms with Gasteiger partial charge in [-0.15, -0.1) is 0 Å². The fourth-order valence-electron chi connectivity index (χ4n) is 1.35. The number of nitrogens with one attached hydrogen (secondary N) is 1. The highest BCUT2D eigenvalue weighted by molar-refractivity contribution is 5.88. The minimum absolute atomic E-state index is 0.101. The molecule has 1 N–H and O–H groups in total. The van der Waals surface area contributed by atoms with E-state index in [1.165, 1.54) is 12.3 Å². The quantitative estimate of drug-likeness (QED) is 0.577. The predicted octanol–water partition coefficient (Wildman–Crippen LogP) is 2.81. The Labute approximate surface area is 87.3 Å². The molecule has 0 fully saturated rings. The van der Waals surface area contributed by atoms with Gasteiger partial charge in [-0.1, -0.05) is 13.8 Å². The molecule has 0 aliphatic rings. The van der Waals surface area contributed by atoms with Crippen LogP contribution in [0.15, 0.2) is 18.5 Å². The molecule has 0 unspecified atom stereocenters. The minimum Gasteiger partial charge on any atom is -0.346 e. The standard InChI is InChI=1S/C8H7N3O2.C2H6/c1-5-4-10-8-7(5)6(11(12)13)2-3-9-8;1-2/h2-4H,1H3,(H,9,10);1-2H3. The zero-order valence-electron chi connectivity index (χ0n) is 8.94. The maximum absolute atomic E-state index is 10.6. The summed E-state index contributed by atoms with van der Waals surface area (Å²) in [5.41, 5.74) is 1.50. The first-order valence-electron chi connectivity index (χ1n) is 4.77. The van der Waals surface area contributed by atoms with Crippen molar-refractivity contribution in [3.63, 3.8) is 0 Å². The second-order valence-corrected chi connectivity index (χ2v) is 2.78. The maximum atomic E-state index is 10.6. The van der Waals surface area contributed by atoms with Crippen molar-refractivity contribution in [2.75, 3.05) is 0 Å². The molecule has 2 aromatic rings. The summed E-state index contributed by atoms with van der Waals surface area (Å²) in [5, 5.41) is 11.2. The number of hydrogen-bond acceptors (Lipinski definition) is 3. The van der Waals surface area contributed by atoms with Gasteiger partial charge < -0.3 is 4.98 Å². The molecule has 5 heteroatoms. The Bertz CT molecular complexity index is 476. The number of H-pyrrole nitrogens is 1. The average molecular weight is 207 g/mol. The Balaban J connectivity index is 0.000000531. The molecule has 15 heavy (non-hydrogen) atoms. The summed E-state index contributed by atoms with van der Waals surface area (Å²) in [4.78, 5) is 17.1. The van der Waals surface area contributed by atoms with Crippen LogP contribution in [0, 0.1) is 17.0 Å². The number of nitrogens with zero attached hydrogens (tertiary/aromatic N) is 2. The number of hydrogen-bond donors (Lipinski definition) is 1. The number of aryl methyl sites for hydroxylation is 1. The summed E-state index contributed by atoms with van der Waals surface area (Å²) in [6, 6.07) is 1.41. The van der Waals surface area contributed by atoms with E-state index in [0.29, 0.717) is 11.0 Å². The van der Waals surface area contributed by atoms with Crippen molar-refractivity contribution >= 4 is 16.7 Å². The van der Waals surface area contributed by atoms with Crippen LogP contribution in [0.5, 0.6) is 0 Å². The molecule has 0 radical (unpaired) electrons. The molecule has 80 valence electrons. The lowest BCUT2D eigenvalue weighted by molar-refractivity contribution is -0.383. The number of rotatable bonds is 1. The third kappa shape index (κ3) is 1.96. The van der Waals surface area contributed by atoms with E-state index in [2.05, 4.69) is 9.97 Å². The molecule has 0 aliphatic heterocycles. The molecule has 0 amide bonds. The van der Waals surface area contributed by atoms with E-state index in [1.54, 1.807) is 6.20 Å². The second-order valence-electron chi connectivity index (χ2n) is 2.78. The van der Waals surface area contributed by atoms with E-state index in [1.807, 2.05) is 20.8 Å². The minimum atomic E-state index is -0.398. The van der Waals surface area contributed by atoms with Gasteiger partial charge in [0.05, 0.1) is 10.3 Å². The summed E-state index contributed by atoms with van der Waals surface area (Å²) in [7, 11) is 0. The molecule has 0 atom stereocenters. The van der Waals surface area contributed by atoms with Crippen LogP contribution in [0.25, 0.3) is 11.0 Å². The molecule has 5 nitrogen and oxygen atoms in total. The lowest BCUT2D eigenvalue weighted by Gasteiger charge is -1.93. The van der Waals surface area contributed by atoms with E-state index in [-0.39, 0.29) is 5.69 Å². The largest absolute Gasteiger partial charge is 0.346 e. The van der Waals surface area contributed by atoms with Gasteiger partial charge in [0.1, 0.15) is 5.65 Å². The highest BCUT2D eigenvalue weighted by Crippen LogP contribution is 2.25. The van der Waals surface area contributed by atoms with Crippen molar-refractivity contribution in [1.29, 1.82) is 0 Å². The first kappa shape index (κ1) is 11.2. The Morgan fingerprint density at radius 1 is 1.47 bits per heavy atom. The number of pyridine rings is 1. The summed E-state index contributed by atoms with van der Waals surface area (Å²) in [6.07, 6.45) is 3.14. The first-order valence-corrected chi connectivity index (χ1v) is 4.77. The molecule has 0 spiro atoms. The van der Waals surface area contributed by atoms with Crippen LogP contribution in [0.3, 0.4) is 0 Å². The van der Waals surface area contributed by atoms with Gasteiger partial charge in [-0.25, -0.2) is 4.98 Å². The van der Waals surface area contributed by atoms with Crippen molar-refractivity contribution in [1.82, 2.24) is 9.97 Å². The fourth-order valence-corrected chi connectivity index (χ4v) is 1.35. The number of aromatic nitrogens is 2. The summed E-state index contributed by atoms with van der Waals surface area (Å²) < 4.78 is 0. The second kappa shape index (κ2) is 4.54. The van der Waals surface area contributed by atoms with Gasteiger partial charge in [0.2, 0.25) is 0 Å². The summed E-state index contributed by atoms with van der Waals surface area (Å²) in [6.45, 7) is 5.81. The van der Waals surface area contributed by atoms with Crippen LogP contribution in [-0.4, -0.2) is 14.9 Å². The Morgan fingerprint density at radius 2 is 2.13 bits per heavy atom. The maximum Gasteiger partial charge on any atom is 0.282 e. The van der Waals surface area contributed by atoms with E-state index < -0.39 is 4.92 Å². The van der Waals surface area contributed by atoms with Crippen molar-refractivity contribution in [2.24, 2.45) is 0 Å². The van der Waals surface area contributed by atoms with Gasteiger partial charge >= 0.3 is 0 Å². The summed E-state index contributed by atoms with van der Waals surface area (Å²) in [5.74, 6) is 0. The Kier molecular flexibility index (Phi) is 3.38. The van der Waals surface area contributed by atoms with Crippen LogP contribution in [0.4, 0.5) is 5.69 Å². The number of nitro groups is 1. The zero-order valence-corrected chi connectivity index (χ0v) is 8.94. The molecule has 0 saturated heterocycles. The molecule has 0 bridgehead atoms. The lowest BCUT2D eigenvalue weighted by atomic mass is 10.2.